The van der Waals surface area contributed by atoms with Crippen LogP contribution in [0.4, 0.5) is 4.39 Å². The van der Waals surface area contributed by atoms with Gasteiger partial charge < -0.3 is 9.47 Å². The molecule has 0 saturated carbocycles. The third-order valence-electron chi connectivity index (χ3n) is 3.96. The quantitative estimate of drug-likeness (QED) is 0.840. The molecule has 2 heterocycles. The summed E-state index contributed by atoms with van der Waals surface area (Å²) in [4.78, 5) is -0.0653. The van der Waals surface area contributed by atoms with Crippen molar-refractivity contribution in [1.29, 1.82) is 0 Å². The second-order valence-corrected chi connectivity index (χ2v) is 7.76. The Morgan fingerprint density at radius 2 is 2.00 bits per heavy atom. The van der Waals surface area contributed by atoms with Crippen molar-refractivity contribution in [2.45, 2.75) is 24.0 Å². The van der Waals surface area contributed by atoms with Crippen LogP contribution in [0.2, 0.25) is 5.02 Å². The van der Waals surface area contributed by atoms with E-state index in [-0.39, 0.29) is 22.1 Å². The first-order valence-electron chi connectivity index (χ1n) is 7.17. The van der Waals surface area contributed by atoms with Crippen LogP contribution in [0.3, 0.4) is 0 Å². The van der Waals surface area contributed by atoms with Crippen molar-refractivity contribution in [2.24, 2.45) is 5.92 Å². The highest BCUT2D eigenvalue weighted by Gasteiger charge is 2.36. The molecule has 5 nitrogen and oxygen atoms in total. The molecular formula is C14H17ClFNO4S. The second kappa shape index (κ2) is 6.41. The average Bonchev–Trinajstić information content (AvgIpc) is 3.01. The van der Waals surface area contributed by atoms with E-state index in [4.69, 9.17) is 21.1 Å². The van der Waals surface area contributed by atoms with Crippen molar-refractivity contribution in [3.8, 4) is 0 Å². The number of hydrogen-bond acceptors (Lipinski definition) is 4. The van der Waals surface area contributed by atoms with E-state index in [0.29, 0.717) is 26.3 Å². The lowest BCUT2D eigenvalue weighted by atomic mass is 9.99. The van der Waals surface area contributed by atoms with Gasteiger partial charge in [-0.25, -0.2) is 12.8 Å². The number of sulfonamides is 1. The normalized spacial score (nSPS) is 24.7. The highest BCUT2D eigenvalue weighted by Crippen LogP contribution is 2.31. The fourth-order valence-electron chi connectivity index (χ4n) is 2.89. The number of halogens is 2. The Morgan fingerprint density at radius 3 is 2.68 bits per heavy atom. The minimum absolute atomic E-state index is 0.00486. The summed E-state index contributed by atoms with van der Waals surface area (Å²) < 4.78 is 50.9. The zero-order chi connectivity index (χ0) is 15.7. The summed E-state index contributed by atoms with van der Waals surface area (Å²) >= 11 is 5.90. The zero-order valence-corrected chi connectivity index (χ0v) is 13.4. The maximum absolute atomic E-state index is 13.1. The fraction of sp³-hybridized carbons (Fsp3) is 0.571. The molecule has 1 aromatic rings. The molecule has 2 saturated heterocycles. The minimum Gasteiger partial charge on any atom is -0.350 e. The van der Waals surface area contributed by atoms with Crippen molar-refractivity contribution >= 4 is 21.6 Å². The minimum atomic E-state index is -3.75. The molecule has 0 amide bonds. The van der Waals surface area contributed by atoms with Gasteiger partial charge in [0.1, 0.15) is 10.7 Å². The molecular weight excluding hydrogens is 333 g/mol. The maximum Gasteiger partial charge on any atom is 0.244 e. The van der Waals surface area contributed by atoms with Crippen LogP contribution in [-0.2, 0) is 19.5 Å². The van der Waals surface area contributed by atoms with Crippen LogP contribution in [-0.4, -0.2) is 45.3 Å². The molecule has 0 N–H and O–H groups in total. The zero-order valence-electron chi connectivity index (χ0n) is 11.9. The number of ether oxygens (including phenoxy) is 2. The van der Waals surface area contributed by atoms with Crippen LogP contribution < -0.4 is 0 Å². The van der Waals surface area contributed by atoms with E-state index in [9.17, 15) is 12.8 Å². The van der Waals surface area contributed by atoms with Gasteiger partial charge in [0, 0.05) is 19.0 Å². The van der Waals surface area contributed by atoms with Gasteiger partial charge in [-0.2, -0.15) is 4.31 Å². The number of benzene rings is 1. The number of nitrogens with zero attached hydrogens (tertiary/aromatic N) is 1. The molecule has 122 valence electrons. The van der Waals surface area contributed by atoms with Crippen molar-refractivity contribution < 1.29 is 22.3 Å². The van der Waals surface area contributed by atoms with Gasteiger partial charge in [-0.15, -0.1) is 0 Å². The van der Waals surface area contributed by atoms with E-state index in [0.717, 1.165) is 25.0 Å². The van der Waals surface area contributed by atoms with Gasteiger partial charge in [0.15, 0.2) is 6.29 Å². The summed E-state index contributed by atoms with van der Waals surface area (Å²) in [7, 11) is -3.75. The van der Waals surface area contributed by atoms with Crippen LogP contribution in [0, 0.1) is 11.7 Å². The smallest absolute Gasteiger partial charge is 0.244 e. The van der Waals surface area contributed by atoms with Gasteiger partial charge in [-0.05, 0) is 31.0 Å². The van der Waals surface area contributed by atoms with Gasteiger partial charge in [0.05, 0.1) is 18.2 Å². The first-order valence-corrected chi connectivity index (χ1v) is 8.99. The Hall–Kier alpha value is -0.730. The molecule has 0 aliphatic carbocycles. The Labute approximate surface area is 134 Å². The Kier molecular flexibility index (Phi) is 4.70. The molecule has 0 radical (unpaired) electrons. The van der Waals surface area contributed by atoms with Crippen LogP contribution >= 0.6 is 11.6 Å². The van der Waals surface area contributed by atoms with Gasteiger partial charge in [-0.1, -0.05) is 11.6 Å². The SMILES string of the molecule is O=S(=O)(c1ccc(F)cc1Cl)N1CCC[C@H](C2OCCO2)C1. The highest BCUT2D eigenvalue weighted by molar-refractivity contribution is 7.89. The number of rotatable bonds is 3. The van der Waals surface area contributed by atoms with E-state index in [1.54, 1.807) is 0 Å². The summed E-state index contributed by atoms with van der Waals surface area (Å²) in [5, 5.41) is -0.101. The summed E-state index contributed by atoms with van der Waals surface area (Å²) in [6.45, 7) is 1.81. The number of piperidine rings is 1. The van der Waals surface area contributed by atoms with E-state index in [1.807, 2.05) is 0 Å². The molecule has 1 atom stereocenters. The highest BCUT2D eigenvalue weighted by atomic mass is 35.5. The molecule has 1 aromatic carbocycles. The maximum atomic E-state index is 13.1. The topological polar surface area (TPSA) is 55.8 Å². The van der Waals surface area contributed by atoms with Gasteiger partial charge in [0.2, 0.25) is 10.0 Å². The Bertz CT molecular complexity index is 648. The Balaban J connectivity index is 1.82. The number of hydrogen-bond donors (Lipinski definition) is 0. The third-order valence-corrected chi connectivity index (χ3v) is 6.31. The monoisotopic (exact) mass is 349 g/mol. The van der Waals surface area contributed by atoms with Gasteiger partial charge in [0.25, 0.3) is 0 Å². The van der Waals surface area contributed by atoms with E-state index in [2.05, 4.69) is 0 Å². The molecule has 2 aliphatic heterocycles. The molecule has 0 bridgehead atoms. The van der Waals surface area contributed by atoms with E-state index in [1.165, 1.54) is 10.4 Å². The Morgan fingerprint density at radius 1 is 1.27 bits per heavy atom. The van der Waals surface area contributed by atoms with Gasteiger partial charge >= 0.3 is 0 Å². The lowest BCUT2D eigenvalue weighted by Crippen LogP contribution is -2.43. The van der Waals surface area contributed by atoms with Crippen LogP contribution in [0.1, 0.15) is 12.8 Å². The lowest BCUT2D eigenvalue weighted by Gasteiger charge is -2.34. The summed E-state index contributed by atoms with van der Waals surface area (Å²) in [6.07, 6.45) is 1.24. The molecule has 0 spiro atoms. The summed E-state index contributed by atoms with van der Waals surface area (Å²) in [6, 6.07) is 3.32. The van der Waals surface area contributed by atoms with Crippen LogP contribution in [0.15, 0.2) is 23.1 Å². The largest absolute Gasteiger partial charge is 0.350 e. The summed E-state index contributed by atoms with van der Waals surface area (Å²) in [5.41, 5.74) is 0. The predicted molar refractivity (Wildman–Crippen MR) is 78.6 cm³/mol. The van der Waals surface area contributed by atoms with E-state index < -0.39 is 15.8 Å². The first-order chi connectivity index (χ1) is 10.5. The molecule has 0 aromatic heterocycles. The lowest BCUT2D eigenvalue weighted by molar-refractivity contribution is -0.0940. The molecule has 0 unspecified atom stereocenters. The van der Waals surface area contributed by atoms with Crippen molar-refractivity contribution in [3.05, 3.63) is 29.0 Å². The molecule has 22 heavy (non-hydrogen) atoms. The fourth-order valence-corrected chi connectivity index (χ4v) is 4.93. The predicted octanol–water partition coefficient (Wildman–Crippen LogP) is 2.25. The molecule has 2 fully saturated rings. The molecule has 8 heteroatoms. The average molecular weight is 350 g/mol. The van der Waals surface area contributed by atoms with Crippen LogP contribution in [0.25, 0.3) is 0 Å². The van der Waals surface area contributed by atoms with Crippen molar-refractivity contribution in [1.82, 2.24) is 4.31 Å². The summed E-state index contributed by atoms with van der Waals surface area (Å²) in [5.74, 6) is -0.557. The van der Waals surface area contributed by atoms with Crippen molar-refractivity contribution in [2.75, 3.05) is 26.3 Å². The van der Waals surface area contributed by atoms with Crippen LogP contribution in [0.5, 0.6) is 0 Å². The first kappa shape index (κ1) is 16.1. The standard InChI is InChI=1S/C14H17ClFNO4S/c15-12-8-11(16)3-4-13(12)22(18,19)17-5-1-2-10(9-17)14-20-6-7-21-14/h3-4,8,10,14H,1-2,5-7,9H2/t10-/m0/s1. The van der Waals surface area contributed by atoms with E-state index >= 15 is 0 Å². The van der Waals surface area contributed by atoms with Crippen molar-refractivity contribution in [3.63, 3.8) is 0 Å². The third kappa shape index (κ3) is 3.14. The van der Waals surface area contributed by atoms with Gasteiger partial charge in [-0.3, -0.25) is 0 Å². The molecule has 3 rings (SSSR count). The molecule has 2 aliphatic rings. The second-order valence-electron chi connectivity index (χ2n) is 5.45.